The van der Waals surface area contributed by atoms with E-state index in [2.05, 4.69) is 0 Å². The number of sulfonamides is 4. The highest BCUT2D eigenvalue weighted by Crippen LogP contribution is 2.47. The third-order valence-electron chi connectivity index (χ3n) is 19.9. The van der Waals surface area contributed by atoms with Crippen molar-refractivity contribution in [1.29, 1.82) is 0 Å². The molecule has 0 bridgehead atoms. The van der Waals surface area contributed by atoms with Gasteiger partial charge in [0.25, 0.3) is 40.1 Å². The number of nitrogens with two attached hydrogens (primary N) is 1. The van der Waals surface area contributed by atoms with Crippen LogP contribution in [0.4, 0.5) is 5.69 Å². The topological polar surface area (TPSA) is 338 Å². The van der Waals surface area contributed by atoms with Crippen LogP contribution in [0.5, 0.6) is 5.75 Å². The second kappa shape index (κ2) is 31.4. The molecule has 8 aromatic rings. The maximum absolute atomic E-state index is 13.2. The van der Waals surface area contributed by atoms with E-state index in [0.717, 1.165) is 39.2 Å². The number of anilines is 1. The number of aryl methyl sites for hydroxylation is 1. The lowest BCUT2D eigenvalue weighted by Gasteiger charge is -2.28. The zero-order valence-corrected chi connectivity index (χ0v) is 63.2. The monoisotopic (exact) mass is 1580 g/mol. The molecule has 4 aliphatic heterocycles. The Labute approximate surface area is 646 Å². The first kappa shape index (κ1) is 77.5. The van der Waals surface area contributed by atoms with Crippen molar-refractivity contribution in [1.82, 2.24) is 17.2 Å². The molecule has 8 aromatic carbocycles. The second-order valence-electron chi connectivity index (χ2n) is 26.9. The highest BCUT2D eigenvalue weighted by molar-refractivity contribution is 7.90. The van der Waals surface area contributed by atoms with E-state index in [-0.39, 0.29) is 25.4 Å². The first-order valence-corrected chi connectivity index (χ1v) is 40.7. The quantitative estimate of drug-likeness (QED) is 0.0736. The molecule has 0 radical (unpaired) electrons. The molecule has 0 fully saturated rings. The highest BCUT2D eigenvalue weighted by Gasteiger charge is 2.52. The number of nitrogens with zero attached hydrogens (tertiary/aromatic N) is 4. The van der Waals surface area contributed by atoms with Crippen molar-refractivity contribution in [3.63, 3.8) is 0 Å². The van der Waals surface area contributed by atoms with Crippen LogP contribution in [-0.2, 0) is 89.7 Å². The number of hydrogen-bond acceptors (Lipinski definition) is 19. The Morgan fingerprint density at radius 1 is 0.348 bits per heavy atom. The molecule has 112 heavy (non-hydrogen) atoms. The summed E-state index contributed by atoms with van der Waals surface area (Å²) < 4.78 is 115. The van der Waals surface area contributed by atoms with Gasteiger partial charge in [-0.2, -0.15) is 0 Å². The molecule has 0 amide bonds. The molecule has 8 aliphatic rings. The Morgan fingerprint density at radius 3 is 0.893 bits per heavy atom. The van der Waals surface area contributed by atoms with Gasteiger partial charge < -0.3 is 10.5 Å². The second-order valence-corrected chi connectivity index (χ2v) is 34.3. The van der Waals surface area contributed by atoms with Crippen molar-refractivity contribution in [2.75, 3.05) is 12.8 Å². The molecule has 566 valence electrons. The summed E-state index contributed by atoms with van der Waals surface area (Å²) >= 11 is 0. The Morgan fingerprint density at radius 2 is 0.607 bits per heavy atom. The molecule has 16 rings (SSSR count). The zero-order chi connectivity index (χ0) is 79.7. The Hall–Kier alpha value is -12.7. The predicted octanol–water partition coefficient (Wildman–Crippen LogP) is 9.73. The van der Waals surface area contributed by atoms with Gasteiger partial charge in [0.15, 0.2) is 0 Å². The van der Waals surface area contributed by atoms with E-state index in [1.165, 1.54) is 111 Å². The van der Waals surface area contributed by atoms with Gasteiger partial charge in [0.2, 0.25) is 46.3 Å². The molecule has 4 heterocycles. The summed E-state index contributed by atoms with van der Waals surface area (Å²) in [6, 6.07) is 57.3. The van der Waals surface area contributed by atoms with Crippen LogP contribution in [0.15, 0.2) is 311 Å². The predicted molar refractivity (Wildman–Crippen MR) is 415 cm³/mol. The molecule has 27 heteroatoms. The SMILES string of the molecule is CC(=O)Cc1ccc(C2=CN(S(=O)(=O)c3ccccc3)C3C=CC(=O)C(=O)C23)cc1.COc1ccc(C2=CN(S(=O)(=O)c3ccccc3)C3C=CC(=O)C(=O)C23)cc1.Cc1ccc(S(=O)(=O)N2C=C(c3ccccc3)C3C(=O)C(=O)C=CC32)cc1.Nc1ccc(C2=CN(S(=O)(=O)c3ccccc3)C3C=CC(=O)C(=O)C23)cc1. The lowest BCUT2D eigenvalue weighted by atomic mass is 9.82. The number of hydrogen-bond donors (Lipinski definition) is 1. The van der Waals surface area contributed by atoms with Gasteiger partial charge in [0.1, 0.15) is 11.5 Å². The number of rotatable bonds is 15. The van der Waals surface area contributed by atoms with E-state index >= 15 is 0 Å². The fourth-order valence-electron chi connectivity index (χ4n) is 14.3. The van der Waals surface area contributed by atoms with E-state index in [0.29, 0.717) is 56.8 Å². The van der Waals surface area contributed by atoms with Crippen molar-refractivity contribution in [3.8, 4) is 5.75 Å². The average molecular weight is 1580 g/mol. The number of carbonyl (C=O) groups is 9. The number of ketones is 9. The number of carbonyl (C=O) groups excluding carboxylic acids is 9. The van der Waals surface area contributed by atoms with E-state index in [4.69, 9.17) is 10.5 Å². The summed E-state index contributed by atoms with van der Waals surface area (Å²) in [7, 11) is -14.0. The number of benzene rings is 8. The molecular weight excluding hydrogens is 1510 g/mol. The van der Waals surface area contributed by atoms with Crippen molar-refractivity contribution >= 4 is 120 Å². The summed E-state index contributed by atoms with van der Waals surface area (Å²) in [6.45, 7) is 3.38. The van der Waals surface area contributed by atoms with Gasteiger partial charge >= 0.3 is 0 Å². The van der Waals surface area contributed by atoms with E-state index in [9.17, 15) is 76.8 Å². The first-order chi connectivity index (χ1) is 53.5. The fraction of sp³-hybridized carbons (Fsp3) is 0.141. The van der Waals surface area contributed by atoms with Crippen LogP contribution >= 0.6 is 0 Å². The number of allylic oxidation sites excluding steroid dienone is 4. The maximum Gasteiger partial charge on any atom is 0.264 e. The van der Waals surface area contributed by atoms with Gasteiger partial charge in [-0.1, -0.05) is 175 Å². The molecule has 8 unspecified atom stereocenters. The standard InChI is InChI=1S/C23H19NO5S.C21H17NO5S.C21H17NO4S.C20H16N2O4S/c1-15(25)13-16-7-9-17(10-8-16)19-14-24(20-11-12-21(26)23(27)22(19)20)30(28,29)18-5-3-2-4-6-18;1-27-15-9-7-14(8-10-15)17-13-22(18-11-12-19(23)21(24)20(17)18)28(25,26)16-5-3-2-4-6-16;1-14-7-9-16(10-8-14)27(25,26)22-13-17(15-5-3-2-4-6-15)20-18(22)11-12-19(23)21(20)24;21-14-8-6-13(7-9-14)16-12-22(17-10-11-18(23)20(24)19(16)17)27(25,26)15-4-2-1-3-5-15/h2-12,14,20,22H,13H2,1H3;2-13,18,20H,1H3;2-13,18,20H,1H3;1-12,17,19H,21H2. The van der Waals surface area contributed by atoms with Crippen molar-refractivity contribution < 1.29 is 81.6 Å². The molecule has 23 nitrogen and oxygen atoms in total. The fourth-order valence-corrected chi connectivity index (χ4v) is 20.3. The highest BCUT2D eigenvalue weighted by atomic mass is 32.2. The van der Waals surface area contributed by atoms with E-state index in [1.807, 2.05) is 25.1 Å². The van der Waals surface area contributed by atoms with Crippen LogP contribution in [0, 0.1) is 30.6 Å². The summed E-state index contributed by atoms with van der Waals surface area (Å²) in [5.74, 6) is -7.75. The normalized spacial score (nSPS) is 21.5. The largest absolute Gasteiger partial charge is 0.497 e. The zero-order valence-electron chi connectivity index (χ0n) is 59.9. The molecule has 8 atom stereocenters. The van der Waals surface area contributed by atoms with Crippen LogP contribution in [-0.4, -0.2) is 134 Å². The number of methoxy groups -OCH3 is 1. The minimum Gasteiger partial charge on any atom is -0.497 e. The molecule has 0 spiro atoms. The van der Waals surface area contributed by atoms with Gasteiger partial charge in [-0.3, -0.25) is 60.4 Å². The number of fused-ring (bicyclic) bond motifs is 4. The molecular formula is C85H69N5O18S4. The number of Topliss-reactive ketones (excluding diaryl/α,β-unsaturated/α-hetero) is 5. The lowest BCUT2D eigenvalue weighted by molar-refractivity contribution is -0.136. The van der Waals surface area contributed by atoms with Crippen LogP contribution in [0.2, 0.25) is 0 Å². The van der Waals surface area contributed by atoms with E-state index in [1.54, 1.807) is 171 Å². The summed E-state index contributed by atoms with van der Waals surface area (Å²) in [5.41, 5.74) is 12.7. The van der Waals surface area contributed by atoms with Crippen LogP contribution < -0.4 is 10.5 Å². The van der Waals surface area contributed by atoms with Crippen molar-refractivity contribution in [2.24, 2.45) is 23.7 Å². The van der Waals surface area contributed by atoms with Gasteiger partial charge in [0.05, 0.1) is 74.5 Å². The first-order valence-electron chi connectivity index (χ1n) is 34.9. The molecule has 0 saturated carbocycles. The summed E-state index contributed by atoms with van der Waals surface area (Å²) in [6.07, 6.45) is 16.7. The van der Waals surface area contributed by atoms with Crippen LogP contribution in [0.1, 0.15) is 40.3 Å². The van der Waals surface area contributed by atoms with Gasteiger partial charge in [-0.25, -0.2) is 33.7 Å². The average Bonchev–Trinajstić information content (AvgIpc) is 1.59. The van der Waals surface area contributed by atoms with Crippen LogP contribution in [0.25, 0.3) is 22.3 Å². The molecule has 0 saturated heterocycles. The number of ether oxygens (including phenoxy) is 1. The van der Waals surface area contributed by atoms with Crippen molar-refractivity contribution in [2.45, 2.75) is 64.0 Å². The van der Waals surface area contributed by atoms with Gasteiger partial charge in [-0.15, -0.1) is 0 Å². The smallest absolute Gasteiger partial charge is 0.264 e. The molecule has 2 N–H and O–H groups in total. The van der Waals surface area contributed by atoms with Gasteiger partial charge in [-0.05, 0) is 161 Å². The minimum atomic E-state index is -3.92. The summed E-state index contributed by atoms with van der Waals surface area (Å²) in [5, 5.41) is 0. The lowest BCUT2D eigenvalue weighted by Crippen LogP contribution is -2.42. The maximum atomic E-state index is 13.2. The van der Waals surface area contributed by atoms with Crippen LogP contribution in [0.3, 0.4) is 0 Å². The Bertz CT molecular complexity index is 5920. The summed E-state index contributed by atoms with van der Waals surface area (Å²) in [4.78, 5) is 110. The number of nitrogen functional groups attached to an aromatic ring is 1. The Kier molecular flexibility index (Phi) is 21.7. The third kappa shape index (κ3) is 15.0. The Balaban J connectivity index is 0.000000131. The van der Waals surface area contributed by atoms with Crippen molar-refractivity contribution in [3.05, 3.63) is 325 Å². The molecule has 4 aliphatic carbocycles. The third-order valence-corrected chi connectivity index (χ3v) is 27.0. The molecule has 0 aromatic heterocycles. The van der Waals surface area contributed by atoms with Gasteiger partial charge in [0, 0.05) is 36.9 Å². The van der Waals surface area contributed by atoms with E-state index < -0.39 is 134 Å². The minimum absolute atomic E-state index is 0.0289.